The molecule has 0 radical (unpaired) electrons. The number of nitrogens with one attached hydrogen (secondary N) is 1. The molecule has 6 heteroatoms. The van der Waals surface area contributed by atoms with Crippen molar-refractivity contribution in [3.8, 4) is 11.4 Å². The number of rotatable bonds is 3. The molecule has 0 amide bonds. The third kappa shape index (κ3) is 2.68. The maximum Gasteiger partial charge on any atom is 0.230 e. The Kier molecular flexibility index (Phi) is 3.62. The highest BCUT2D eigenvalue weighted by Gasteiger charge is 2.09. The van der Waals surface area contributed by atoms with Crippen LogP contribution in [0.25, 0.3) is 11.4 Å². The summed E-state index contributed by atoms with van der Waals surface area (Å²) in [5.41, 5.74) is 0.865. The molecule has 0 fully saturated rings. The summed E-state index contributed by atoms with van der Waals surface area (Å²) in [6.45, 7) is 0. The molecule has 1 aromatic heterocycles. The smallest absolute Gasteiger partial charge is 0.230 e. The van der Waals surface area contributed by atoms with Gasteiger partial charge in [0.15, 0.2) is 5.82 Å². The number of nitrogens with zero attached hydrogens (tertiary/aromatic N) is 4. The summed E-state index contributed by atoms with van der Waals surface area (Å²) < 4.78 is 0. The Morgan fingerprint density at radius 3 is 2.56 bits per heavy atom. The van der Waals surface area contributed by atoms with Gasteiger partial charge in [-0.25, -0.2) is 0 Å². The lowest BCUT2D eigenvalue weighted by Gasteiger charge is -2.12. The SMILES string of the molecule is CNc1nc(-c2cccc(Cl)c2)nc(N(C)C)n1. The molecule has 2 aromatic rings. The first kappa shape index (κ1) is 12.6. The zero-order valence-corrected chi connectivity index (χ0v) is 11.2. The topological polar surface area (TPSA) is 53.9 Å². The first-order chi connectivity index (χ1) is 8.60. The van der Waals surface area contributed by atoms with Crippen LogP contribution in [-0.4, -0.2) is 36.1 Å². The van der Waals surface area contributed by atoms with E-state index in [-0.39, 0.29) is 0 Å². The number of anilines is 2. The van der Waals surface area contributed by atoms with Gasteiger partial charge >= 0.3 is 0 Å². The predicted molar refractivity (Wildman–Crippen MR) is 74.1 cm³/mol. The largest absolute Gasteiger partial charge is 0.357 e. The van der Waals surface area contributed by atoms with Crippen LogP contribution < -0.4 is 10.2 Å². The standard InChI is InChI=1S/C12H14ClN5/c1-14-11-15-10(16-12(17-11)18(2)3)8-5-4-6-9(13)7-8/h4-7H,1-3H3,(H,14,15,16,17). The van der Waals surface area contributed by atoms with Crippen LogP contribution in [0.3, 0.4) is 0 Å². The van der Waals surface area contributed by atoms with Crippen LogP contribution in [0.2, 0.25) is 5.02 Å². The molecule has 2 rings (SSSR count). The minimum absolute atomic E-state index is 0.531. The summed E-state index contributed by atoms with van der Waals surface area (Å²) >= 11 is 5.97. The zero-order chi connectivity index (χ0) is 13.1. The van der Waals surface area contributed by atoms with E-state index in [1.54, 1.807) is 7.05 Å². The fourth-order valence-electron chi connectivity index (χ4n) is 1.43. The summed E-state index contributed by atoms with van der Waals surface area (Å²) in [7, 11) is 5.55. The Hall–Kier alpha value is -1.88. The van der Waals surface area contributed by atoms with E-state index in [2.05, 4.69) is 20.3 Å². The molecule has 0 saturated heterocycles. The molecule has 1 aromatic carbocycles. The highest BCUT2D eigenvalue weighted by molar-refractivity contribution is 6.30. The molecule has 0 bridgehead atoms. The van der Waals surface area contributed by atoms with Crippen molar-refractivity contribution in [2.24, 2.45) is 0 Å². The minimum atomic E-state index is 0.531. The number of aromatic nitrogens is 3. The van der Waals surface area contributed by atoms with Gasteiger partial charge in [0.2, 0.25) is 11.9 Å². The Labute approximate surface area is 111 Å². The molecule has 18 heavy (non-hydrogen) atoms. The Morgan fingerprint density at radius 1 is 1.17 bits per heavy atom. The summed E-state index contributed by atoms with van der Waals surface area (Å²) in [6, 6.07) is 7.43. The second kappa shape index (κ2) is 5.18. The third-order valence-corrected chi connectivity index (χ3v) is 2.57. The van der Waals surface area contributed by atoms with Crippen LogP contribution >= 0.6 is 11.6 Å². The van der Waals surface area contributed by atoms with Crippen LogP contribution in [-0.2, 0) is 0 Å². The summed E-state index contributed by atoms with van der Waals surface area (Å²) in [5, 5.41) is 3.58. The van der Waals surface area contributed by atoms with Gasteiger partial charge in [-0.2, -0.15) is 15.0 Å². The van der Waals surface area contributed by atoms with Crippen molar-refractivity contribution in [2.45, 2.75) is 0 Å². The average Bonchev–Trinajstić information content (AvgIpc) is 2.38. The highest BCUT2D eigenvalue weighted by Crippen LogP contribution is 2.21. The van der Waals surface area contributed by atoms with E-state index in [0.29, 0.717) is 22.7 Å². The van der Waals surface area contributed by atoms with Gasteiger partial charge in [-0.3, -0.25) is 0 Å². The zero-order valence-electron chi connectivity index (χ0n) is 10.5. The predicted octanol–water partition coefficient (Wildman–Crippen LogP) is 2.30. The Bertz CT molecular complexity index is 556. The monoisotopic (exact) mass is 263 g/mol. The Balaban J connectivity index is 2.53. The van der Waals surface area contributed by atoms with Crippen LogP contribution in [0.1, 0.15) is 0 Å². The molecule has 94 valence electrons. The summed E-state index contributed by atoms with van der Waals surface area (Å²) in [5.74, 6) is 1.73. The summed E-state index contributed by atoms with van der Waals surface area (Å²) in [6.07, 6.45) is 0. The van der Waals surface area contributed by atoms with E-state index in [0.717, 1.165) is 5.56 Å². The second-order valence-corrected chi connectivity index (χ2v) is 4.37. The normalized spacial score (nSPS) is 10.2. The number of hydrogen-bond acceptors (Lipinski definition) is 5. The molecule has 1 heterocycles. The van der Waals surface area contributed by atoms with Gasteiger partial charge in [0, 0.05) is 31.7 Å². The fraction of sp³-hybridized carbons (Fsp3) is 0.250. The molecule has 5 nitrogen and oxygen atoms in total. The van der Waals surface area contributed by atoms with Crippen LogP contribution in [0, 0.1) is 0 Å². The number of hydrogen-bond donors (Lipinski definition) is 1. The van der Waals surface area contributed by atoms with Crippen molar-refractivity contribution in [1.29, 1.82) is 0 Å². The minimum Gasteiger partial charge on any atom is -0.357 e. The lowest BCUT2D eigenvalue weighted by atomic mass is 10.2. The summed E-state index contributed by atoms with van der Waals surface area (Å²) in [4.78, 5) is 14.8. The first-order valence-corrected chi connectivity index (χ1v) is 5.85. The quantitative estimate of drug-likeness (QED) is 0.921. The van der Waals surface area contributed by atoms with Crippen molar-refractivity contribution in [3.63, 3.8) is 0 Å². The van der Waals surface area contributed by atoms with Crippen molar-refractivity contribution >= 4 is 23.5 Å². The highest BCUT2D eigenvalue weighted by atomic mass is 35.5. The fourth-order valence-corrected chi connectivity index (χ4v) is 1.62. The van der Waals surface area contributed by atoms with E-state index in [1.807, 2.05) is 43.3 Å². The molecule has 0 atom stereocenters. The molecule has 0 unspecified atom stereocenters. The molecular weight excluding hydrogens is 250 g/mol. The van der Waals surface area contributed by atoms with Crippen molar-refractivity contribution in [3.05, 3.63) is 29.3 Å². The lowest BCUT2D eigenvalue weighted by molar-refractivity contribution is 0.963. The van der Waals surface area contributed by atoms with E-state index in [1.165, 1.54) is 0 Å². The van der Waals surface area contributed by atoms with Crippen LogP contribution in [0.15, 0.2) is 24.3 Å². The van der Waals surface area contributed by atoms with Gasteiger partial charge < -0.3 is 10.2 Å². The second-order valence-electron chi connectivity index (χ2n) is 3.94. The first-order valence-electron chi connectivity index (χ1n) is 5.47. The van der Waals surface area contributed by atoms with Gasteiger partial charge in [-0.05, 0) is 12.1 Å². The third-order valence-electron chi connectivity index (χ3n) is 2.33. The molecule has 0 aliphatic carbocycles. The maximum atomic E-state index is 5.97. The Morgan fingerprint density at radius 2 is 1.94 bits per heavy atom. The molecular formula is C12H14ClN5. The maximum absolute atomic E-state index is 5.97. The van der Waals surface area contributed by atoms with E-state index >= 15 is 0 Å². The van der Waals surface area contributed by atoms with Crippen molar-refractivity contribution < 1.29 is 0 Å². The average molecular weight is 264 g/mol. The molecule has 0 spiro atoms. The van der Waals surface area contributed by atoms with E-state index in [9.17, 15) is 0 Å². The van der Waals surface area contributed by atoms with Gasteiger partial charge in [-0.1, -0.05) is 23.7 Å². The van der Waals surface area contributed by atoms with Gasteiger partial charge in [0.1, 0.15) is 0 Å². The van der Waals surface area contributed by atoms with Gasteiger partial charge in [0.25, 0.3) is 0 Å². The van der Waals surface area contributed by atoms with Crippen molar-refractivity contribution in [1.82, 2.24) is 15.0 Å². The van der Waals surface area contributed by atoms with Crippen molar-refractivity contribution in [2.75, 3.05) is 31.4 Å². The molecule has 1 N–H and O–H groups in total. The van der Waals surface area contributed by atoms with Gasteiger partial charge in [-0.15, -0.1) is 0 Å². The van der Waals surface area contributed by atoms with E-state index < -0.39 is 0 Å². The number of benzene rings is 1. The number of halogens is 1. The van der Waals surface area contributed by atoms with Crippen LogP contribution in [0.5, 0.6) is 0 Å². The molecule has 0 saturated carbocycles. The molecule has 0 aliphatic rings. The van der Waals surface area contributed by atoms with Gasteiger partial charge in [0.05, 0.1) is 0 Å². The van der Waals surface area contributed by atoms with E-state index in [4.69, 9.17) is 11.6 Å². The van der Waals surface area contributed by atoms with Crippen LogP contribution in [0.4, 0.5) is 11.9 Å². The molecule has 0 aliphatic heterocycles. The lowest BCUT2D eigenvalue weighted by Crippen LogP contribution is -2.15.